The Morgan fingerprint density at radius 3 is 2.20 bits per heavy atom. The monoisotopic (exact) mass is 638 g/mol. The average Bonchev–Trinajstić information content (AvgIpc) is 3.02. The molecule has 2 saturated heterocycles. The third kappa shape index (κ3) is 5.99. The Morgan fingerprint density at radius 1 is 0.822 bits per heavy atom. The second kappa shape index (κ2) is 13.0. The smallest absolute Gasteiger partial charge is 0.239 e. The highest BCUT2D eigenvalue weighted by Crippen LogP contribution is 2.40. The Hall–Kier alpha value is -3.71. The second-order valence-electron chi connectivity index (χ2n) is 10.6. The van der Waals surface area contributed by atoms with E-state index in [2.05, 4.69) is 0 Å². The number of aliphatic hydroxyl groups is 6. The molecular formula is C29H34O16. The average molecular weight is 639 g/mol. The van der Waals surface area contributed by atoms with Crippen molar-refractivity contribution in [2.24, 2.45) is 0 Å². The molecule has 10 atom stereocenters. The van der Waals surface area contributed by atoms with Crippen molar-refractivity contribution in [3.63, 3.8) is 0 Å². The number of aliphatic hydroxyl groups excluding tert-OH is 6. The largest absolute Gasteiger partial charge is 0.508 e. The van der Waals surface area contributed by atoms with Gasteiger partial charge in [-0.05, 0) is 25.1 Å². The minimum atomic E-state index is -1.88. The number of hydrogen-bond acceptors (Lipinski definition) is 16. The molecule has 0 radical (unpaired) electrons. The van der Waals surface area contributed by atoms with Gasteiger partial charge < -0.3 is 73.7 Å². The molecule has 45 heavy (non-hydrogen) atoms. The van der Waals surface area contributed by atoms with Crippen molar-refractivity contribution >= 4 is 11.0 Å². The number of ether oxygens (including phenoxy) is 6. The Balaban J connectivity index is 1.63. The van der Waals surface area contributed by atoms with Crippen LogP contribution in [-0.2, 0) is 14.2 Å². The first-order chi connectivity index (χ1) is 21.4. The number of hydrogen-bond donors (Lipinski definition) is 8. The van der Waals surface area contributed by atoms with Crippen LogP contribution >= 0.6 is 0 Å². The van der Waals surface area contributed by atoms with Crippen LogP contribution in [0.2, 0.25) is 0 Å². The van der Waals surface area contributed by atoms with Crippen LogP contribution < -0.4 is 19.6 Å². The summed E-state index contributed by atoms with van der Waals surface area (Å²) in [5.41, 5.74) is -0.992. The molecular weight excluding hydrogens is 604 g/mol. The SMILES string of the molecule is COc1ccc(-c2oc3cc(O)cc(O)c3c(=O)c2O[C@@H]2O[C@@H](CO)[C@H](O)[C@@H](O)[C@H]2O[C@@H]2O[C@@H](C)[C@H](O)[C@@H](O)[C@@H]2O)cc1OC. The van der Waals surface area contributed by atoms with E-state index in [-0.39, 0.29) is 22.7 Å². The summed E-state index contributed by atoms with van der Waals surface area (Å²) in [6, 6.07) is 6.45. The molecule has 16 heteroatoms. The maximum atomic E-state index is 13.9. The van der Waals surface area contributed by atoms with Gasteiger partial charge in [-0.3, -0.25) is 4.79 Å². The van der Waals surface area contributed by atoms with E-state index < -0.39 is 96.1 Å². The van der Waals surface area contributed by atoms with Gasteiger partial charge in [-0.1, -0.05) is 0 Å². The van der Waals surface area contributed by atoms with Gasteiger partial charge in [-0.25, -0.2) is 0 Å². The first-order valence-electron chi connectivity index (χ1n) is 13.8. The van der Waals surface area contributed by atoms with E-state index in [9.17, 15) is 45.6 Å². The Bertz CT molecular complexity index is 1570. The molecule has 2 aromatic carbocycles. The zero-order valence-electron chi connectivity index (χ0n) is 24.2. The van der Waals surface area contributed by atoms with E-state index in [4.69, 9.17) is 32.8 Å². The van der Waals surface area contributed by atoms with Crippen molar-refractivity contribution in [3.05, 3.63) is 40.6 Å². The lowest BCUT2D eigenvalue weighted by Gasteiger charge is -2.45. The molecule has 2 aliphatic rings. The number of aromatic hydroxyl groups is 2. The molecule has 2 aliphatic heterocycles. The fraction of sp³-hybridized carbons (Fsp3) is 0.483. The molecule has 8 N–H and O–H groups in total. The van der Waals surface area contributed by atoms with Crippen molar-refractivity contribution in [1.29, 1.82) is 0 Å². The molecule has 0 unspecified atom stereocenters. The predicted molar refractivity (Wildman–Crippen MR) is 150 cm³/mol. The van der Waals surface area contributed by atoms with Crippen molar-refractivity contribution in [1.82, 2.24) is 0 Å². The van der Waals surface area contributed by atoms with Crippen LogP contribution in [-0.4, -0.2) is 123 Å². The van der Waals surface area contributed by atoms with Crippen LogP contribution in [0.3, 0.4) is 0 Å². The summed E-state index contributed by atoms with van der Waals surface area (Å²) in [5, 5.41) is 82.5. The highest BCUT2D eigenvalue weighted by atomic mass is 16.8. The van der Waals surface area contributed by atoms with E-state index in [1.807, 2.05) is 0 Å². The van der Waals surface area contributed by atoms with Crippen LogP contribution in [0.15, 0.2) is 39.5 Å². The highest BCUT2D eigenvalue weighted by Gasteiger charge is 2.51. The summed E-state index contributed by atoms with van der Waals surface area (Å²) in [5.74, 6) is -1.35. The molecule has 5 rings (SSSR count). The van der Waals surface area contributed by atoms with Crippen molar-refractivity contribution < 1.29 is 73.7 Å². The molecule has 3 aromatic rings. The van der Waals surface area contributed by atoms with Gasteiger partial charge in [0.2, 0.25) is 17.5 Å². The fourth-order valence-corrected chi connectivity index (χ4v) is 5.24. The van der Waals surface area contributed by atoms with Crippen molar-refractivity contribution in [2.75, 3.05) is 20.8 Å². The first-order valence-corrected chi connectivity index (χ1v) is 13.8. The van der Waals surface area contributed by atoms with Crippen LogP contribution in [0.25, 0.3) is 22.3 Å². The molecule has 16 nitrogen and oxygen atoms in total. The van der Waals surface area contributed by atoms with Gasteiger partial charge >= 0.3 is 0 Å². The van der Waals surface area contributed by atoms with Gasteiger partial charge in [0.1, 0.15) is 59.1 Å². The van der Waals surface area contributed by atoms with Crippen molar-refractivity contribution in [2.45, 2.75) is 68.3 Å². The van der Waals surface area contributed by atoms with Gasteiger partial charge in [-0.15, -0.1) is 0 Å². The van der Waals surface area contributed by atoms with Crippen LogP contribution in [0, 0.1) is 0 Å². The molecule has 1 aromatic heterocycles. The molecule has 246 valence electrons. The van der Waals surface area contributed by atoms with E-state index in [1.54, 1.807) is 0 Å². The van der Waals surface area contributed by atoms with Gasteiger partial charge in [0.05, 0.1) is 26.9 Å². The summed E-state index contributed by atoms with van der Waals surface area (Å²) in [6.07, 6.45) is -16.4. The zero-order chi connectivity index (χ0) is 32.7. The highest BCUT2D eigenvalue weighted by molar-refractivity contribution is 5.88. The minimum Gasteiger partial charge on any atom is -0.508 e. The van der Waals surface area contributed by atoms with Crippen LogP contribution in [0.4, 0.5) is 0 Å². The number of phenolic OH excluding ortho intramolecular Hbond substituents is 2. The first kappa shape index (κ1) is 32.7. The summed E-state index contributed by atoms with van der Waals surface area (Å²) in [7, 11) is 2.79. The Kier molecular flexibility index (Phi) is 9.41. The Labute approximate surface area is 254 Å². The zero-order valence-corrected chi connectivity index (χ0v) is 24.2. The van der Waals surface area contributed by atoms with Crippen molar-refractivity contribution in [3.8, 4) is 40.1 Å². The summed E-state index contributed by atoms with van der Waals surface area (Å²) in [4.78, 5) is 13.9. The lowest BCUT2D eigenvalue weighted by Crippen LogP contribution is -2.64. The molecule has 0 spiro atoms. The minimum absolute atomic E-state index is 0.189. The number of fused-ring (bicyclic) bond motifs is 1. The number of phenols is 2. The lowest BCUT2D eigenvalue weighted by molar-refractivity contribution is -0.354. The maximum Gasteiger partial charge on any atom is 0.239 e. The van der Waals surface area contributed by atoms with Gasteiger partial charge in [0.25, 0.3) is 0 Å². The number of methoxy groups -OCH3 is 2. The van der Waals surface area contributed by atoms with E-state index in [1.165, 1.54) is 39.3 Å². The number of rotatable bonds is 8. The molecule has 0 aliphatic carbocycles. The quantitative estimate of drug-likeness (QED) is 0.146. The third-order valence-electron chi connectivity index (χ3n) is 7.72. The summed E-state index contributed by atoms with van der Waals surface area (Å²) < 4.78 is 39.5. The second-order valence-corrected chi connectivity index (χ2v) is 10.6. The fourth-order valence-electron chi connectivity index (χ4n) is 5.24. The summed E-state index contributed by atoms with van der Waals surface area (Å²) >= 11 is 0. The third-order valence-corrected chi connectivity index (χ3v) is 7.72. The van der Waals surface area contributed by atoms with Gasteiger partial charge in [-0.2, -0.15) is 0 Å². The van der Waals surface area contributed by atoms with E-state index in [0.29, 0.717) is 5.75 Å². The molecule has 0 bridgehead atoms. The molecule has 3 heterocycles. The predicted octanol–water partition coefficient (Wildman–Crippen LogP) is -1.08. The lowest BCUT2D eigenvalue weighted by atomic mass is 9.97. The maximum absolute atomic E-state index is 13.9. The number of benzene rings is 2. The normalized spacial score (nSPS) is 31.9. The van der Waals surface area contributed by atoms with E-state index in [0.717, 1.165) is 12.1 Å². The van der Waals surface area contributed by atoms with Gasteiger partial charge in [0.15, 0.2) is 29.7 Å². The van der Waals surface area contributed by atoms with Crippen LogP contribution in [0.1, 0.15) is 6.92 Å². The standard InChI is InChI=1S/C29H34O16/c1-10-19(33)22(36)24(38)28(41-10)45-27-23(37)20(34)17(9-30)43-29(27)44-26-21(35)18-13(32)7-12(31)8-16(18)42-25(26)11-4-5-14(39-2)15(6-11)40-3/h4-8,10,17,19-20,22-24,27-34,36-38H,9H2,1-3H3/t10-,17-,19-,20-,22+,23+,24-,27+,28-,29-/m0/s1. The molecule has 0 saturated carbocycles. The molecule has 0 amide bonds. The van der Waals surface area contributed by atoms with E-state index >= 15 is 0 Å². The Morgan fingerprint density at radius 2 is 1.53 bits per heavy atom. The topological polar surface area (TPSA) is 247 Å². The summed E-state index contributed by atoms with van der Waals surface area (Å²) in [6.45, 7) is 0.596. The van der Waals surface area contributed by atoms with Crippen LogP contribution in [0.5, 0.6) is 28.7 Å². The van der Waals surface area contributed by atoms with Gasteiger partial charge in [0, 0.05) is 17.7 Å². The molecule has 2 fully saturated rings.